The zero-order chi connectivity index (χ0) is 13.7. The maximum absolute atomic E-state index is 12.2. The van der Waals surface area contributed by atoms with Gasteiger partial charge < -0.3 is 0 Å². The Morgan fingerprint density at radius 3 is 2.11 bits per heavy atom. The predicted molar refractivity (Wildman–Crippen MR) is 82.8 cm³/mol. The van der Waals surface area contributed by atoms with E-state index in [9.17, 15) is 4.79 Å². The van der Waals surface area contributed by atoms with E-state index in [-0.39, 0.29) is 5.78 Å². The fraction of sp³-hybridized carbons (Fsp3) is 0.0625. The number of thioether (sulfide) groups is 1. The van der Waals surface area contributed by atoms with Crippen LogP contribution < -0.4 is 0 Å². The van der Waals surface area contributed by atoms with E-state index in [1.807, 2.05) is 29.7 Å². The predicted octanol–water partition coefficient (Wildman–Crippen LogP) is 4.95. The summed E-state index contributed by atoms with van der Waals surface area (Å²) in [6, 6.07) is 14.6. The van der Waals surface area contributed by atoms with Gasteiger partial charge in [0, 0.05) is 21.9 Å². The highest BCUT2D eigenvalue weighted by Gasteiger charge is 2.08. The van der Waals surface area contributed by atoms with Gasteiger partial charge in [-0.25, -0.2) is 0 Å². The summed E-state index contributed by atoms with van der Waals surface area (Å²) in [4.78, 5) is 12.2. The fourth-order valence-electron chi connectivity index (χ4n) is 1.68. The second-order valence-corrected chi connectivity index (χ2v) is 5.40. The number of benzene rings is 2. The minimum atomic E-state index is 0.0135. The Labute approximate surface area is 122 Å². The van der Waals surface area contributed by atoms with Gasteiger partial charge in [-0.05, 0) is 35.2 Å². The fourth-order valence-corrected chi connectivity index (χ4v) is 2.30. The number of rotatable bonds is 5. The van der Waals surface area contributed by atoms with Crippen LogP contribution in [0.3, 0.4) is 0 Å². The van der Waals surface area contributed by atoms with Gasteiger partial charge in [0.15, 0.2) is 5.78 Å². The summed E-state index contributed by atoms with van der Waals surface area (Å²) in [6.45, 7) is 3.67. The number of ketones is 1. The van der Waals surface area contributed by atoms with Crippen LogP contribution in [0.1, 0.15) is 21.5 Å². The molecule has 2 aromatic carbocycles. The van der Waals surface area contributed by atoms with Gasteiger partial charge in [0.05, 0.1) is 0 Å². The van der Waals surface area contributed by atoms with E-state index in [4.69, 9.17) is 11.6 Å². The minimum absolute atomic E-state index is 0.0135. The molecule has 0 N–H and O–H groups in total. The molecule has 1 nitrogen and oxygen atoms in total. The van der Waals surface area contributed by atoms with Crippen molar-refractivity contribution < 1.29 is 4.79 Å². The molecule has 2 rings (SSSR count). The van der Waals surface area contributed by atoms with Crippen molar-refractivity contribution in [2.45, 2.75) is 5.75 Å². The quantitative estimate of drug-likeness (QED) is 0.724. The summed E-state index contributed by atoms with van der Waals surface area (Å²) in [5.41, 5.74) is 2.52. The van der Waals surface area contributed by atoms with Crippen molar-refractivity contribution >= 4 is 29.1 Å². The summed E-state index contributed by atoms with van der Waals surface area (Å²) in [7, 11) is 0. The molecule has 0 aliphatic carbocycles. The van der Waals surface area contributed by atoms with Crippen LogP contribution in [0.15, 0.2) is 60.5 Å². The zero-order valence-corrected chi connectivity index (χ0v) is 11.9. The van der Waals surface area contributed by atoms with Crippen molar-refractivity contribution in [3.05, 3.63) is 82.2 Å². The molecule has 0 fully saturated rings. The molecule has 0 radical (unpaired) electrons. The molecule has 2 aromatic rings. The molecule has 0 spiro atoms. The zero-order valence-electron chi connectivity index (χ0n) is 10.3. The maximum Gasteiger partial charge on any atom is 0.193 e. The van der Waals surface area contributed by atoms with E-state index < -0.39 is 0 Å². The molecule has 0 atom stereocenters. The molecule has 0 bridgehead atoms. The Morgan fingerprint density at radius 2 is 1.58 bits per heavy atom. The molecule has 0 aliphatic rings. The third-order valence-electron chi connectivity index (χ3n) is 2.69. The Balaban J connectivity index is 2.15. The van der Waals surface area contributed by atoms with Gasteiger partial charge >= 0.3 is 0 Å². The molecule has 0 saturated carbocycles. The van der Waals surface area contributed by atoms with Gasteiger partial charge in [0.2, 0.25) is 0 Å². The van der Waals surface area contributed by atoms with Gasteiger partial charge in [-0.15, -0.1) is 11.8 Å². The number of carbonyl (C=O) groups is 1. The number of hydrogen-bond donors (Lipinski definition) is 0. The van der Waals surface area contributed by atoms with Gasteiger partial charge in [0.1, 0.15) is 0 Å². The number of halogens is 1. The van der Waals surface area contributed by atoms with Crippen LogP contribution in [0.25, 0.3) is 0 Å². The lowest BCUT2D eigenvalue weighted by atomic mass is 10.0. The maximum atomic E-state index is 12.2. The third kappa shape index (κ3) is 3.72. The first kappa shape index (κ1) is 13.9. The molecule has 3 heteroatoms. The van der Waals surface area contributed by atoms with Crippen LogP contribution >= 0.6 is 23.4 Å². The monoisotopic (exact) mass is 288 g/mol. The summed E-state index contributed by atoms with van der Waals surface area (Å²) in [5, 5.41) is 2.45. The summed E-state index contributed by atoms with van der Waals surface area (Å²) in [5.74, 6) is 0.887. The van der Waals surface area contributed by atoms with Crippen LogP contribution in [0.4, 0.5) is 0 Å². The summed E-state index contributed by atoms with van der Waals surface area (Å²) in [6.07, 6.45) is 0. The molecule has 0 saturated heterocycles. The second-order valence-electron chi connectivity index (χ2n) is 4.01. The van der Waals surface area contributed by atoms with Gasteiger partial charge in [0.25, 0.3) is 0 Å². The Kier molecular flexibility index (Phi) is 4.83. The van der Waals surface area contributed by atoms with Crippen molar-refractivity contribution in [1.29, 1.82) is 0 Å². The second kappa shape index (κ2) is 6.60. The van der Waals surface area contributed by atoms with E-state index in [0.717, 1.165) is 5.75 Å². The minimum Gasteiger partial charge on any atom is -0.289 e. The Morgan fingerprint density at radius 1 is 1.05 bits per heavy atom. The molecule has 19 heavy (non-hydrogen) atoms. The highest BCUT2D eigenvalue weighted by Crippen LogP contribution is 2.17. The number of carbonyl (C=O) groups excluding carboxylic acids is 1. The molecule has 96 valence electrons. The smallest absolute Gasteiger partial charge is 0.193 e. The lowest BCUT2D eigenvalue weighted by Gasteiger charge is -2.03. The standard InChI is InChI=1S/C16H13ClOS/c1-2-19-11-12-3-5-13(6-4-12)16(18)14-7-9-15(17)10-8-14/h2-10H,1,11H2. The van der Waals surface area contributed by atoms with E-state index in [2.05, 4.69) is 6.58 Å². The van der Waals surface area contributed by atoms with Crippen LogP contribution in [0, 0.1) is 0 Å². The molecule has 0 aromatic heterocycles. The lowest BCUT2D eigenvalue weighted by molar-refractivity contribution is 0.103. The lowest BCUT2D eigenvalue weighted by Crippen LogP contribution is -2.00. The largest absolute Gasteiger partial charge is 0.289 e. The normalized spacial score (nSPS) is 10.2. The van der Waals surface area contributed by atoms with E-state index >= 15 is 0 Å². The van der Waals surface area contributed by atoms with Crippen molar-refractivity contribution in [2.24, 2.45) is 0 Å². The number of hydrogen-bond acceptors (Lipinski definition) is 2. The van der Waals surface area contributed by atoms with Crippen LogP contribution in [0.2, 0.25) is 5.02 Å². The van der Waals surface area contributed by atoms with Crippen molar-refractivity contribution in [1.82, 2.24) is 0 Å². The molecule has 0 heterocycles. The van der Waals surface area contributed by atoms with Crippen LogP contribution in [-0.4, -0.2) is 5.78 Å². The average Bonchev–Trinajstić information content (AvgIpc) is 2.46. The topological polar surface area (TPSA) is 17.1 Å². The molecule has 0 amide bonds. The Hall–Kier alpha value is -1.51. The Bertz CT molecular complexity index is 573. The highest BCUT2D eigenvalue weighted by atomic mass is 35.5. The SMILES string of the molecule is C=CSCc1ccc(C(=O)c2ccc(Cl)cc2)cc1. The first-order valence-corrected chi connectivity index (χ1v) is 7.25. The first-order valence-electron chi connectivity index (χ1n) is 5.82. The van der Waals surface area contributed by atoms with E-state index in [1.54, 1.807) is 36.0 Å². The molecular formula is C16H13ClOS. The summed E-state index contributed by atoms with van der Waals surface area (Å²) < 4.78 is 0. The summed E-state index contributed by atoms with van der Waals surface area (Å²) >= 11 is 7.45. The van der Waals surface area contributed by atoms with E-state index in [0.29, 0.717) is 16.1 Å². The van der Waals surface area contributed by atoms with E-state index in [1.165, 1.54) is 5.56 Å². The van der Waals surface area contributed by atoms with Crippen molar-refractivity contribution in [3.8, 4) is 0 Å². The molecule has 0 unspecified atom stereocenters. The van der Waals surface area contributed by atoms with Gasteiger partial charge in [-0.1, -0.05) is 42.4 Å². The third-order valence-corrected chi connectivity index (χ3v) is 3.68. The highest BCUT2D eigenvalue weighted by molar-refractivity contribution is 8.01. The average molecular weight is 289 g/mol. The van der Waals surface area contributed by atoms with Crippen LogP contribution in [0.5, 0.6) is 0 Å². The van der Waals surface area contributed by atoms with Gasteiger partial charge in [-0.3, -0.25) is 4.79 Å². The van der Waals surface area contributed by atoms with Gasteiger partial charge in [-0.2, -0.15) is 0 Å². The first-order chi connectivity index (χ1) is 9.20. The molecule has 0 aliphatic heterocycles. The van der Waals surface area contributed by atoms with Crippen LogP contribution in [-0.2, 0) is 5.75 Å². The molecular weight excluding hydrogens is 276 g/mol. The van der Waals surface area contributed by atoms with Crippen molar-refractivity contribution in [3.63, 3.8) is 0 Å². The van der Waals surface area contributed by atoms with Crippen molar-refractivity contribution in [2.75, 3.05) is 0 Å².